The van der Waals surface area contributed by atoms with E-state index in [1.54, 1.807) is 11.3 Å². The lowest BCUT2D eigenvalue weighted by molar-refractivity contribution is 0.122. The molecule has 0 aromatic carbocycles. The summed E-state index contributed by atoms with van der Waals surface area (Å²) in [5.74, 6) is 0.692. The van der Waals surface area contributed by atoms with E-state index in [9.17, 15) is 4.79 Å². The molecule has 0 spiro atoms. The zero-order valence-electron chi connectivity index (χ0n) is 9.86. The Labute approximate surface area is 107 Å². The number of anilines is 1. The molecule has 18 heavy (non-hydrogen) atoms. The molecule has 6 heteroatoms. The van der Waals surface area contributed by atoms with Gasteiger partial charge in [0.25, 0.3) is 5.56 Å². The molecular weight excluding hydrogens is 250 g/mol. The molecule has 1 aliphatic heterocycles. The first-order valence-corrected chi connectivity index (χ1v) is 7.02. The number of aromatic amines is 1. The number of hydrogen-bond acceptors (Lipinski definition) is 5. The summed E-state index contributed by atoms with van der Waals surface area (Å²) in [7, 11) is 0. The number of ether oxygens (including phenoxy) is 1. The Balaban J connectivity index is 1.85. The maximum atomic E-state index is 12.2. The SMILES string of the molecule is O=c1[nH]c(N2CCOCC2)nc2sc3c(c12)CC3. The highest BCUT2D eigenvalue weighted by atomic mass is 32.1. The highest BCUT2D eigenvalue weighted by Crippen LogP contribution is 2.36. The number of H-pyrrole nitrogens is 1. The van der Waals surface area contributed by atoms with Crippen molar-refractivity contribution in [2.75, 3.05) is 31.2 Å². The fourth-order valence-electron chi connectivity index (χ4n) is 2.55. The van der Waals surface area contributed by atoms with Gasteiger partial charge < -0.3 is 9.64 Å². The van der Waals surface area contributed by atoms with Crippen molar-refractivity contribution < 1.29 is 4.74 Å². The van der Waals surface area contributed by atoms with Crippen LogP contribution in [0.5, 0.6) is 0 Å². The molecule has 5 nitrogen and oxygen atoms in total. The smallest absolute Gasteiger partial charge is 0.261 e. The van der Waals surface area contributed by atoms with Crippen molar-refractivity contribution in [2.45, 2.75) is 12.8 Å². The predicted molar refractivity (Wildman–Crippen MR) is 70.7 cm³/mol. The second kappa shape index (κ2) is 3.80. The Morgan fingerprint density at radius 3 is 2.83 bits per heavy atom. The number of aryl methyl sites for hydroxylation is 2. The lowest BCUT2D eigenvalue weighted by Gasteiger charge is -2.26. The molecule has 2 aromatic heterocycles. The van der Waals surface area contributed by atoms with Crippen LogP contribution in [0.2, 0.25) is 0 Å². The Morgan fingerprint density at radius 2 is 2.11 bits per heavy atom. The van der Waals surface area contributed by atoms with Crippen molar-refractivity contribution in [3.8, 4) is 0 Å². The zero-order chi connectivity index (χ0) is 12.1. The number of nitrogens with zero attached hydrogens (tertiary/aromatic N) is 2. The van der Waals surface area contributed by atoms with Crippen LogP contribution < -0.4 is 10.5 Å². The summed E-state index contributed by atoms with van der Waals surface area (Å²) in [4.78, 5) is 24.0. The molecule has 0 unspecified atom stereocenters. The quantitative estimate of drug-likeness (QED) is 0.831. The van der Waals surface area contributed by atoms with E-state index in [-0.39, 0.29) is 5.56 Å². The molecule has 1 aliphatic carbocycles. The number of rotatable bonds is 1. The number of morpholine rings is 1. The first-order chi connectivity index (χ1) is 8.83. The van der Waals surface area contributed by atoms with Crippen LogP contribution in [0.1, 0.15) is 10.4 Å². The Kier molecular flexibility index (Phi) is 2.22. The summed E-state index contributed by atoms with van der Waals surface area (Å²) in [6.07, 6.45) is 2.12. The van der Waals surface area contributed by atoms with Crippen molar-refractivity contribution in [1.29, 1.82) is 0 Å². The summed E-state index contributed by atoms with van der Waals surface area (Å²) >= 11 is 1.67. The van der Waals surface area contributed by atoms with Crippen LogP contribution in [0.25, 0.3) is 10.2 Å². The number of thiophene rings is 1. The van der Waals surface area contributed by atoms with E-state index in [4.69, 9.17) is 4.74 Å². The number of hydrogen-bond donors (Lipinski definition) is 1. The Morgan fingerprint density at radius 1 is 1.28 bits per heavy atom. The maximum absolute atomic E-state index is 12.2. The first-order valence-electron chi connectivity index (χ1n) is 6.20. The van der Waals surface area contributed by atoms with Gasteiger partial charge in [-0.25, -0.2) is 4.98 Å². The summed E-state index contributed by atoms with van der Waals surface area (Å²) in [5, 5.41) is 0.818. The molecule has 0 atom stereocenters. The van der Waals surface area contributed by atoms with E-state index in [1.165, 1.54) is 10.4 Å². The van der Waals surface area contributed by atoms with Gasteiger partial charge in [0.1, 0.15) is 4.83 Å². The van der Waals surface area contributed by atoms with Gasteiger partial charge in [0.05, 0.1) is 18.6 Å². The summed E-state index contributed by atoms with van der Waals surface area (Å²) in [5.41, 5.74) is 1.23. The second-order valence-electron chi connectivity index (χ2n) is 4.67. The third kappa shape index (κ3) is 1.42. The molecule has 1 fully saturated rings. The molecule has 1 N–H and O–H groups in total. The van der Waals surface area contributed by atoms with Crippen LogP contribution in [0.4, 0.5) is 5.95 Å². The number of nitrogens with one attached hydrogen (secondary N) is 1. The molecule has 0 amide bonds. The van der Waals surface area contributed by atoms with Crippen LogP contribution in [0.3, 0.4) is 0 Å². The monoisotopic (exact) mass is 263 g/mol. The minimum Gasteiger partial charge on any atom is -0.378 e. The van der Waals surface area contributed by atoms with Gasteiger partial charge in [0.15, 0.2) is 0 Å². The molecule has 1 saturated heterocycles. The normalized spacial score (nSPS) is 18.8. The zero-order valence-corrected chi connectivity index (χ0v) is 10.7. The van der Waals surface area contributed by atoms with Gasteiger partial charge in [-0.1, -0.05) is 0 Å². The molecule has 2 aromatic rings. The topological polar surface area (TPSA) is 58.2 Å². The molecule has 0 radical (unpaired) electrons. The Bertz CT molecular complexity index is 670. The molecule has 0 bridgehead atoms. The average Bonchev–Trinajstić information content (AvgIpc) is 2.63. The lowest BCUT2D eigenvalue weighted by Crippen LogP contribution is -2.38. The summed E-state index contributed by atoms with van der Waals surface area (Å²) in [6, 6.07) is 0. The standard InChI is InChI=1S/C12H13N3O2S/c16-10-9-7-1-2-8(7)18-11(9)14-12(13-10)15-3-5-17-6-4-15/h1-6H2,(H,13,14,16). The highest BCUT2D eigenvalue weighted by molar-refractivity contribution is 7.19. The minimum absolute atomic E-state index is 0.0127. The molecule has 4 rings (SSSR count). The van der Waals surface area contributed by atoms with Gasteiger partial charge in [-0.05, 0) is 18.4 Å². The van der Waals surface area contributed by atoms with Gasteiger partial charge in [-0.2, -0.15) is 0 Å². The van der Waals surface area contributed by atoms with Gasteiger partial charge >= 0.3 is 0 Å². The fraction of sp³-hybridized carbons (Fsp3) is 0.500. The van der Waals surface area contributed by atoms with E-state index in [0.29, 0.717) is 19.2 Å². The minimum atomic E-state index is 0.0127. The predicted octanol–water partition coefficient (Wildman–Crippen LogP) is 0.920. The third-order valence-electron chi connectivity index (χ3n) is 3.64. The number of aromatic nitrogens is 2. The van der Waals surface area contributed by atoms with Gasteiger partial charge in [0.2, 0.25) is 5.95 Å². The summed E-state index contributed by atoms with van der Waals surface area (Å²) in [6.45, 7) is 2.98. The molecule has 2 aliphatic rings. The third-order valence-corrected chi connectivity index (χ3v) is 4.83. The lowest BCUT2D eigenvalue weighted by atomic mass is 9.96. The van der Waals surface area contributed by atoms with Crippen LogP contribution in [-0.2, 0) is 17.6 Å². The molecule has 3 heterocycles. The van der Waals surface area contributed by atoms with Crippen LogP contribution in [0.15, 0.2) is 4.79 Å². The van der Waals surface area contributed by atoms with E-state index in [2.05, 4.69) is 14.9 Å². The van der Waals surface area contributed by atoms with Crippen LogP contribution in [0, 0.1) is 0 Å². The van der Waals surface area contributed by atoms with Crippen molar-refractivity contribution in [1.82, 2.24) is 9.97 Å². The second-order valence-corrected chi connectivity index (χ2v) is 5.76. The molecule has 94 valence electrons. The van der Waals surface area contributed by atoms with E-state index in [1.807, 2.05) is 0 Å². The fourth-order valence-corrected chi connectivity index (χ4v) is 3.77. The molecular formula is C12H13N3O2S. The van der Waals surface area contributed by atoms with Crippen molar-refractivity contribution in [2.24, 2.45) is 0 Å². The van der Waals surface area contributed by atoms with Gasteiger partial charge in [-0.15, -0.1) is 11.3 Å². The average molecular weight is 263 g/mol. The highest BCUT2D eigenvalue weighted by Gasteiger charge is 2.24. The van der Waals surface area contributed by atoms with Crippen LogP contribution >= 0.6 is 11.3 Å². The largest absolute Gasteiger partial charge is 0.378 e. The number of fused-ring (bicyclic) bond motifs is 3. The van der Waals surface area contributed by atoms with E-state index >= 15 is 0 Å². The Hall–Kier alpha value is -1.40. The maximum Gasteiger partial charge on any atom is 0.261 e. The summed E-state index contributed by atoms with van der Waals surface area (Å²) < 4.78 is 5.31. The van der Waals surface area contributed by atoms with Crippen molar-refractivity contribution in [3.63, 3.8) is 0 Å². The van der Waals surface area contributed by atoms with Crippen LogP contribution in [-0.4, -0.2) is 36.3 Å². The van der Waals surface area contributed by atoms with Gasteiger partial charge in [-0.3, -0.25) is 9.78 Å². The van der Waals surface area contributed by atoms with E-state index < -0.39 is 0 Å². The van der Waals surface area contributed by atoms with Crippen molar-refractivity contribution in [3.05, 3.63) is 20.8 Å². The first kappa shape index (κ1) is 10.5. The van der Waals surface area contributed by atoms with Crippen molar-refractivity contribution >= 4 is 27.5 Å². The van der Waals surface area contributed by atoms with Gasteiger partial charge in [0, 0.05) is 18.0 Å². The molecule has 0 saturated carbocycles. The van der Waals surface area contributed by atoms with E-state index in [0.717, 1.165) is 36.1 Å².